The van der Waals surface area contributed by atoms with Gasteiger partial charge in [-0.1, -0.05) is 0 Å². The Labute approximate surface area is 107 Å². The van der Waals surface area contributed by atoms with Crippen molar-refractivity contribution in [1.29, 1.82) is 0 Å². The first kappa shape index (κ1) is 14.8. The first-order chi connectivity index (χ1) is 8.24. The van der Waals surface area contributed by atoms with Gasteiger partial charge < -0.3 is 14.2 Å². The maximum absolute atomic E-state index is 12.0. The summed E-state index contributed by atoms with van der Waals surface area (Å²) in [4.78, 5) is 24.9. The van der Waals surface area contributed by atoms with E-state index in [0.29, 0.717) is 6.61 Å². The second-order valence-electron chi connectivity index (χ2n) is 5.33. The van der Waals surface area contributed by atoms with E-state index in [0.717, 1.165) is 0 Å². The number of esters is 1. The third kappa shape index (κ3) is 3.87. The fourth-order valence-corrected chi connectivity index (χ4v) is 1.61. The van der Waals surface area contributed by atoms with E-state index in [1.165, 1.54) is 12.0 Å². The van der Waals surface area contributed by atoms with Crippen molar-refractivity contribution in [2.24, 2.45) is 0 Å². The quantitative estimate of drug-likeness (QED) is 0.662. The number of rotatable bonds is 1. The number of methoxy groups -OCH3 is 1. The molecule has 18 heavy (non-hydrogen) atoms. The summed E-state index contributed by atoms with van der Waals surface area (Å²) < 4.78 is 15.2. The molecule has 0 aromatic rings. The Kier molecular flexibility index (Phi) is 4.56. The van der Waals surface area contributed by atoms with Gasteiger partial charge in [0.25, 0.3) is 0 Å². The molecule has 1 saturated heterocycles. The number of carbonyl (C=O) groups excluding carboxylic acids is 2. The highest BCUT2D eigenvalue weighted by Gasteiger charge is 2.36. The van der Waals surface area contributed by atoms with Crippen molar-refractivity contribution < 1.29 is 23.8 Å². The number of nitrogens with zero attached hydrogens (tertiary/aromatic N) is 1. The highest BCUT2D eigenvalue weighted by molar-refractivity contribution is 5.76. The summed E-state index contributed by atoms with van der Waals surface area (Å²) in [6.07, 6.45) is -1.18. The number of hydrogen-bond donors (Lipinski definition) is 0. The summed E-state index contributed by atoms with van der Waals surface area (Å²) in [5, 5.41) is 0. The van der Waals surface area contributed by atoms with Crippen LogP contribution in [0.3, 0.4) is 0 Å². The molecule has 1 unspecified atom stereocenters. The molecule has 1 rings (SSSR count). The zero-order chi connectivity index (χ0) is 13.9. The predicted molar refractivity (Wildman–Crippen MR) is 64.2 cm³/mol. The van der Waals surface area contributed by atoms with Crippen LogP contribution in [0.1, 0.15) is 27.7 Å². The minimum Gasteiger partial charge on any atom is -0.467 e. The fraction of sp³-hybridized carbons (Fsp3) is 0.833. The summed E-state index contributed by atoms with van der Waals surface area (Å²) in [6.45, 7) is 7.69. The van der Waals surface area contributed by atoms with Crippen LogP contribution in [0.4, 0.5) is 4.79 Å². The Morgan fingerprint density at radius 1 is 1.33 bits per heavy atom. The van der Waals surface area contributed by atoms with Crippen LogP contribution in [-0.4, -0.2) is 55.0 Å². The Morgan fingerprint density at radius 3 is 2.44 bits per heavy atom. The maximum atomic E-state index is 12.0. The van der Waals surface area contributed by atoms with E-state index in [2.05, 4.69) is 4.74 Å². The van der Waals surface area contributed by atoms with Gasteiger partial charge in [-0.15, -0.1) is 0 Å². The molecule has 0 bridgehead atoms. The molecule has 0 N–H and O–H groups in total. The lowest BCUT2D eigenvalue weighted by atomic mass is 10.2. The summed E-state index contributed by atoms with van der Waals surface area (Å²) in [6, 6.07) is -0.124. The van der Waals surface area contributed by atoms with E-state index in [1.807, 2.05) is 6.92 Å². The monoisotopic (exact) mass is 259 g/mol. The molecule has 0 saturated carbocycles. The van der Waals surface area contributed by atoms with Gasteiger partial charge in [-0.2, -0.15) is 0 Å². The first-order valence-corrected chi connectivity index (χ1v) is 5.93. The molecule has 0 aromatic carbocycles. The lowest BCUT2D eigenvalue weighted by molar-refractivity contribution is -0.161. The number of carbonyl (C=O) groups is 2. The topological polar surface area (TPSA) is 65.1 Å². The average Bonchev–Trinajstić information content (AvgIpc) is 2.26. The molecule has 0 spiro atoms. The zero-order valence-electron chi connectivity index (χ0n) is 11.6. The zero-order valence-corrected chi connectivity index (χ0v) is 11.6. The Balaban J connectivity index is 2.67. The van der Waals surface area contributed by atoms with Gasteiger partial charge in [0, 0.05) is 0 Å². The molecule has 6 heteroatoms. The third-order valence-electron chi connectivity index (χ3n) is 2.53. The van der Waals surface area contributed by atoms with Crippen molar-refractivity contribution in [2.45, 2.75) is 45.4 Å². The molecule has 1 amide bonds. The molecule has 1 aliphatic heterocycles. The largest absolute Gasteiger partial charge is 0.467 e. The van der Waals surface area contributed by atoms with Gasteiger partial charge in [0.05, 0.1) is 26.3 Å². The summed E-state index contributed by atoms with van der Waals surface area (Å²) in [5.74, 6) is -0.476. The molecule has 0 aliphatic carbocycles. The summed E-state index contributed by atoms with van der Waals surface area (Å²) in [7, 11) is 1.29. The van der Waals surface area contributed by atoms with Crippen LogP contribution in [0.15, 0.2) is 0 Å². The Bertz CT molecular complexity index is 323. The van der Waals surface area contributed by atoms with Gasteiger partial charge in [-0.3, -0.25) is 4.90 Å². The van der Waals surface area contributed by atoms with Gasteiger partial charge in [0.2, 0.25) is 0 Å². The molecular formula is C12H21NO5. The third-order valence-corrected chi connectivity index (χ3v) is 2.53. The SMILES string of the molecule is COC(=O)[C@@H]1CN(C(=O)OC(C)(C)C)C(C)CO1. The van der Waals surface area contributed by atoms with Crippen molar-refractivity contribution in [1.82, 2.24) is 4.90 Å². The van der Waals surface area contributed by atoms with Gasteiger partial charge in [0.15, 0.2) is 6.10 Å². The Morgan fingerprint density at radius 2 is 1.94 bits per heavy atom. The van der Waals surface area contributed by atoms with Crippen LogP contribution in [0.25, 0.3) is 0 Å². The molecule has 0 aromatic heterocycles. The summed E-state index contributed by atoms with van der Waals surface area (Å²) >= 11 is 0. The smallest absolute Gasteiger partial charge is 0.410 e. The van der Waals surface area contributed by atoms with Crippen LogP contribution in [0.2, 0.25) is 0 Å². The van der Waals surface area contributed by atoms with Crippen molar-refractivity contribution in [3.8, 4) is 0 Å². The van der Waals surface area contributed by atoms with Gasteiger partial charge in [-0.05, 0) is 27.7 Å². The van der Waals surface area contributed by atoms with E-state index < -0.39 is 23.8 Å². The molecule has 1 fully saturated rings. The van der Waals surface area contributed by atoms with Crippen molar-refractivity contribution in [3.05, 3.63) is 0 Å². The number of morpholine rings is 1. The highest BCUT2D eigenvalue weighted by Crippen LogP contribution is 2.17. The highest BCUT2D eigenvalue weighted by atomic mass is 16.6. The van der Waals surface area contributed by atoms with E-state index in [9.17, 15) is 9.59 Å². The maximum Gasteiger partial charge on any atom is 0.410 e. The number of hydrogen-bond acceptors (Lipinski definition) is 5. The second-order valence-corrected chi connectivity index (χ2v) is 5.33. The van der Waals surface area contributed by atoms with Crippen LogP contribution < -0.4 is 0 Å². The molecule has 1 heterocycles. The molecule has 104 valence electrons. The van der Waals surface area contributed by atoms with E-state index in [1.54, 1.807) is 20.8 Å². The predicted octanol–water partition coefficient (Wildman–Crippen LogP) is 1.18. The molecule has 0 radical (unpaired) electrons. The lowest BCUT2D eigenvalue weighted by Crippen LogP contribution is -2.54. The van der Waals surface area contributed by atoms with E-state index >= 15 is 0 Å². The van der Waals surface area contributed by atoms with Crippen LogP contribution in [-0.2, 0) is 19.0 Å². The number of ether oxygens (including phenoxy) is 3. The van der Waals surface area contributed by atoms with Crippen LogP contribution in [0, 0.1) is 0 Å². The van der Waals surface area contributed by atoms with E-state index in [-0.39, 0.29) is 12.6 Å². The minimum atomic E-state index is -0.737. The van der Waals surface area contributed by atoms with Crippen LogP contribution >= 0.6 is 0 Å². The number of amides is 1. The normalized spacial score (nSPS) is 24.6. The van der Waals surface area contributed by atoms with Gasteiger partial charge in [0.1, 0.15) is 5.60 Å². The molecular weight excluding hydrogens is 238 g/mol. The van der Waals surface area contributed by atoms with Gasteiger partial charge in [-0.25, -0.2) is 9.59 Å². The van der Waals surface area contributed by atoms with Gasteiger partial charge >= 0.3 is 12.1 Å². The molecule has 6 nitrogen and oxygen atoms in total. The Hall–Kier alpha value is -1.30. The van der Waals surface area contributed by atoms with Crippen molar-refractivity contribution >= 4 is 12.1 Å². The average molecular weight is 259 g/mol. The molecule has 1 aliphatic rings. The standard InChI is InChI=1S/C12H21NO5/c1-8-7-17-9(10(14)16-5)6-13(8)11(15)18-12(2,3)4/h8-9H,6-7H2,1-5H3/t8?,9-/m0/s1. The van der Waals surface area contributed by atoms with Crippen LogP contribution in [0.5, 0.6) is 0 Å². The molecule has 2 atom stereocenters. The van der Waals surface area contributed by atoms with E-state index in [4.69, 9.17) is 9.47 Å². The minimum absolute atomic E-state index is 0.124. The van der Waals surface area contributed by atoms with Crippen molar-refractivity contribution in [3.63, 3.8) is 0 Å². The fourth-order valence-electron chi connectivity index (χ4n) is 1.61. The second kappa shape index (κ2) is 5.56. The first-order valence-electron chi connectivity index (χ1n) is 5.93. The lowest BCUT2D eigenvalue weighted by Gasteiger charge is -2.37. The summed E-state index contributed by atoms with van der Waals surface area (Å²) in [5.41, 5.74) is -0.560. The van der Waals surface area contributed by atoms with Crippen molar-refractivity contribution in [2.75, 3.05) is 20.3 Å².